The van der Waals surface area contributed by atoms with Crippen molar-refractivity contribution in [2.75, 3.05) is 0 Å². The van der Waals surface area contributed by atoms with Crippen LogP contribution in [0.3, 0.4) is 0 Å². The summed E-state index contributed by atoms with van der Waals surface area (Å²) < 4.78 is 0. The molecule has 2 aromatic rings. The van der Waals surface area contributed by atoms with Crippen molar-refractivity contribution < 1.29 is 5.11 Å². The van der Waals surface area contributed by atoms with Gasteiger partial charge in [0.1, 0.15) is 5.75 Å². The summed E-state index contributed by atoms with van der Waals surface area (Å²) >= 11 is 12.0. The van der Waals surface area contributed by atoms with Gasteiger partial charge in [-0.2, -0.15) is 0 Å². The van der Waals surface area contributed by atoms with Gasteiger partial charge in [0.15, 0.2) is 0 Å². The zero-order chi connectivity index (χ0) is 12.4. The molecule has 17 heavy (non-hydrogen) atoms. The largest absolute Gasteiger partial charge is 0.506 e. The first-order valence-corrected chi connectivity index (χ1v) is 6.14. The summed E-state index contributed by atoms with van der Waals surface area (Å²) in [5.74, 6) is 0.00654. The summed E-state index contributed by atoms with van der Waals surface area (Å²) in [4.78, 5) is 0. The lowest BCUT2D eigenvalue weighted by Gasteiger charge is -2.08. The summed E-state index contributed by atoms with van der Waals surface area (Å²) in [6.45, 7) is 2.10. The summed E-state index contributed by atoms with van der Waals surface area (Å²) in [7, 11) is 0. The molecule has 0 saturated carbocycles. The van der Waals surface area contributed by atoms with Crippen molar-refractivity contribution in [3.63, 3.8) is 0 Å². The van der Waals surface area contributed by atoms with Crippen LogP contribution in [-0.4, -0.2) is 5.11 Å². The minimum atomic E-state index is 0.00654. The predicted octanol–water partition coefficient (Wildman–Crippen LogP) is 4.93. The number of benzene rings is 2. The Labute approximate surface area is 111 Å². The lowest BCUT2D eigenvalue weighted by molar-refractivity contribution is 0.475. The zero-order valence-electron chi connectivity index (χ0n) is 9.37. The Balaban J connectivity index is 2.56. The standard InChI is InChI=1S/C14H12Cl2O/c1-2-9-4-3-5-10(6-9)11-7-13(16)14(17)8-12(11)15/h3-8,17H,2H2,1H3. The highest BCUT2D eigenvalue weighted by Crippen LogP contribution is 2.36. The highest BCUT2D eigenvalue weighted by atomic mass is 35.5. The zero-order valence-corrected chi connectivity index (χ0v) is 10.9. The van der Waals surface area contributed by atoms with E-state index in [2.05, 4.69) is 19.1 Å². The Morgan fingerprint density at radius 1 is 1.06 bits per heavy atom. The summed E-state index contributed by atoms with van der Waals surface area (Å²) in [6.07, 6.45) is 0.970. The van der Waals surface area contributed by atoms with Gasteiger partial charge in [0.05, 0.1) is 10.0 Å². The van der Waals surface area contributed by atoms with Crippen LogP contribution < -0.4 is 0 Å². The lowest BCUT2D eigenvalue weighted by Crippen LogP contribution is -1.84. The Morgan fingerprint density at radius 2 is 1.82 bits per heavy atom. The number of hydrogen-bond donors (Lipinski definition) is 1. The molecule has 0 fully saturated rings. The van der Waals surface area contributed by atoms with Crippen LogP contribution in [-0.2, 0) is 6.42 Å². The smallest absolute Gasteiger partial charge is 0.135 e. The molecule has 0 radical (unpaired) electrons. The van der Waals surface area contributed by atoms with Crippen molar-refractivity contribution in [3.05, 3.63) is 52.0 Å². The molecule has 0 amide bonds. The topological polar surface area (TPSA) is 20.2 Å². The lowest BCUT2D eigenvalue weighted by atomic mass is 10.0. The van der Waals surface area contributed by atoms with Crippen LogP contribution in [0.5, 0.6) is 5.75 Å². The third-order valence-corrected chi connectivity index (χ3v) is 3.30. The molecule has 0 aliphatic heterocycles. The van der Waals surface area contributed by atoms with Gasteiger partial charge in [0, 0.05) is 11.6 Å². The first-order chi connectivity index (χ1) is 8.11. The number of phenols is 1. The Hall–Kier alpha value is -1.18. The van der Waals surface area contributed by atoms with Gasteiger partial charge in [-0.05, 0) is 23.6 Å². The van der Waals surface area contributed by atoms with Gasteiger partial charge in [-0.25, -0.2) is 0 Å². The van der Waals surface area contributed by atoms with Crippen LogP contribution in [0.1, 0.15) is 12.5 Å². The maximum atomic E-state index is 9.46. The van der Waals surface area contributed by atoms with Crippen LogP contribution in [0.2, 0.25) is 10.0 Å². The highest BCUT2D eigenvalue weighted by molar-refractivity contribution is 6.36. The van der Waals surface area contributed by atoms with Crippen molar-refractivity contribution in [1.29, 1.82) is 0 Å². The average Bonchev–Trinajstić information content (AvgIpc) is 2.34. The van der Waals surface area contributed by atoms with Gasteiger partial charge < -0.3 is 5.11 Å². The molecular formula is C14H12Cl2O. The average molecular weight is 267 g/mol. The maximum absolute atomic E-state index is 9.46. The molecule has 1 nitrogen and oxygen atoms in total. The number of hydrogen-bond acceptors (Lipinski definition) is 1. The molecule has 88 valence electrons. The third kappa shape index (κ3) is 2.56. The number of aromatic hydroxyl groups is 1. The third-order valence-electron chi connectivity index (χ3n) is 2.68. The minimum absolute atomic E-state index is 0.00654. The fraction of sp³-hybridized carbons (Fsp3) is 0.143. The van der Waals surface area contributed by atoms with E-state index in [1.807, 2.05) is 12.1 Å². The normalized spacial score (nSPS) is 10.5. The molecule has 0 spiro atoms. The maximum Gasteiger partial charge on any atom is 0.135 e. The quantitative estimate of drug-likeness (QED) is 0.818. The van der Waals surface area contributed by atoms with E-state index in [-0.39, 0.29) is 5.75 Å². The van der Waals surface area contributed by atoms with E-state index >= 15 is 0 Å². The van der Waals surface area contributed by atoms with Crippen molar-refractivity contribution in [2.45, 2.75) is 13.3 Å². The van der Waals surface area contributed by atoms with Crippen molar-refractivity contribution in [1.82, 2.24) is 0 Å². The fourth-order valence-corrected chi connectivity index (χ4v) is 2.15. The first-order valence-electron chi connectivity index (χ1n) is 5.39. The van der Waals surface area contributed by atoms with Crippen LogP contribution in [0, 0.1) is 0 Å². The fourth-order valence-electron chi connectivity index (χ4n) is 1.72. The minimum Gasteiger partial charge on any atom is -0.506 e. The molecule has 0 aliphatic carbocycles. The molecule has 2 rings (SSSR count). The Morgan fingerprint density at radius 3 is 2.53 bits per heavy atom. The molecule has 0 saturated heterocycles. The molecule has 0 aromatic heterocycles. The van der Waals surface area contributed by atoms with Gasteiger partial charge in [-0.15, -0.1) is 0 Å². The van der Waals surface area contributed by atoms with Crippen LogP contribution in [0.25, 0.3) is 11.1 Å². The number of halogens is 2. The van der Waals surface area contributed by atoms with E-state index in [0.29, 0.717) is 10.0 Å². The molecule has 1 N–H and O–H groups in total. The van der Waals surface area contributed by atoms with E-state index in [9.17, 15) is 5.11 Å². The monoisotopic (exact) mass is 266 g/mol. The molecule has 2 aromatic carbocycles. The number of phenolic OH excluding ortho intramolecular Hbond substituents is 1. The summed E-state index contributed by atoms with van der Waals surface area (Å²) in [6, 6.07) is 11.3. The molecule has 3 heteroatoms. The van der Waals surface area contributed by atoms with Crippen molar-refractivity contribution in [2.24, 2.45) is 0 Å². The molecular weight excluding hydrogens is 255 g/mol. The first kappa shape index (κ1) is 12.3. The van der Waals surface area contributed by atoms with E-state index in [4.69, 9.17) is 23.2 Å². The molecule has 0 unspecified atom stereocenters. The van der Waals surface area contributed by atoms with E-state index in [1.165, 1.54) is 11.6 Å². The highest BCUT2D eigenvalue weighted by Gasteiger charge is 2.08. The van der Waals surface area contributed by atoms with Crippen molar-refractivity contribution >= 4 is 23.2 Å². The van der Waals surface area contributed by atoms with Gasteiger partial charge in [0.25, 0.3) is 0 Å². The van der Waals surface area contributed by atoms with Crippen LogP contribution in [0.15, 0.2) is 36.4 Å². The second kappa shape index (κ2) is 4.99. The summed E-state index contributed by atoms with van der Waals surface area (Å²) in [5.41, 5.74) is 3.09. The Bertz CT molecular complexity index is 550. The predicted molar refractivity (Wildman–Crippen MR) is 72.9 cm³/mol. The molecule has 0 bridgehead atoms. The number of rotatable bonds is 2. The van der Waals surface area contributed by atoms with Crippen molar-refractivity contribution in [3.8, 4) is 16.9 Å². The molecule has 0 heterocycles. The summed E-state index contributed by atoms with van der Waals surface area (Å²) in [5, 5.41) is 10.3. The number of aryl methyl sites for hydroxylation is 1. The van der Waals surface area contributed by atoms with E-state index in [0.717, 1.165) is 17.5 Å². The SMILES string of the molecule is CCc1cccc(-c2cc(Cl)c(O)cc2Cl)c1. The van der Waals surface area contributed by atoms with Gasteiger partial charge in [-0.1, -0.05) is 54.4 Å². The Kier molecular flexibility index (Phi) is 3.60. The molecule has 0 aliphatic rings. The van der Waals surface area contributed by atoms with Gasteiger partial charge in [-0.3, -0.25) is 0 Å². The second-order valence-electron chi connectivity index (χ2n) is 3.84. The second-order valence-corrected chi connectivity index (χ2v) is 4.65. The molecule has 0 atom stereocenters. The van der Waals surface area contributed by atoms with Crippen LogP contribution in [0.4, 0.5) is 0 Å². The van der Waals surface area contributed by atoms with Crippen LogP contribution >= 0.6 is 23.2 Å². The van der Waals surface area contributed by atoms with Gasteiger partial charge in [0.2, 0.25) is 0 Å². The van der Waals surface area contributed by atoms with E-state index in [1.54, 1.807) is 6.07 Å². The van der Waals surface area contributed by atoms with E-state index < -0.39 is 0 Å². The van der Waals surface area contributed by atoms with Gasteiger partial charge >= 0.3 is 0 Å².